The number of aliphatic hydroxyl groups excluding tert-OH is 2. The Hall–Kier alpha value is 0.434. The number of aliphatic hydroxyl groups is 2. The van der Waals surface area contributed by atoms with Crippen molar-refractivity contribution in [1.29, 1.82) is 0 Å². The molecule has 0 aliphatic carbocycles. The standard InChI is InChI=1S/C5H12O2.C5H10.O.Ti/c1-5(2,3-6)4-7;1-5(2,3)4;;/h6-7H,3-4H2,1-2H3;1-2H2,3-4H3;;/q;-2;;+2. The quantitative estimate of drug-likeness (QED) is 0.567. The van der Waals surface area contributed by atoms with Crippen molar-refractivity contribution in [1.82, 2.24) is 0 Å². The zero-order valence-electron chi connectivity index (χ0n) is 9.63. The zero-order valence-corrected chi connectivity index (χ0v) is 11.2. The summed E-state index contributed by atoms with van der Waals surface area (Å²) in [5, 5.41) is 16.9. The van der Waals surface area contributed by atoms with Crippen LogP contribution in [0, 0.1) is 24.7 Å². The topological polar surface area (TPSA) is 57.5 Å². The molecule has 0 aromatic carbocycles. The van der Waals surface area contributed by atoms with Gasteiger partial charge >= 0.3 is 23.7 Å². The van der Waals surface area contributed by atoms with Gasteiger partial charge in [0.05, 0.1) is 13.2 Å². The van der Waals surface area contributed by atoms with Crippen LogP contribution in [0.4, 0.5) is 0 Å². The molecule has 3 nitrogen and oxygen atoms in total. The van der Waals surface area contributed by atoms with Crippen LogP contribution in [-0.2, 0) is 23.7 Å². The molecular weight excluding hydrogens is 216 g/mol. The third kappa shape index (κ3) is 39.3. The molecule has 0 fully saturated rings. The van der Waals surface area contributed by atoms with Gasteiger partial charge in [0.1, 0.15) is 0 Å². The molecule has 0 bridgehead atoms. The van der Waals surface area contributed by atoms with E-state index in [9.17, 15) is 0 Å². The first kappa shape index (κ1) is 19.9. The van der Waals surface area contributed by atoms with Crippen molar-refractivity contribution in [3.05, 3.63) is 13.8 Å². The van der Waals surface area contributed by atoms with Gasteiger partial charge in [-0.2, -0.15) is 0 Å². The van der Waals surface area contributed by atoms with Crippen molar-refractivity contribution < 1.29 is 33.9 Å². The van der Waals surface area contributed by atoms with Crippen LogP contribution in [-0.4, -0.2) is 23.4 Å². The van der Waals surface area contributed by atoms with Crippen molar-refractivity contribution in [2.24, 2.45) is 10.8 Å². The van der Waals surface area contributed by atoms with Crippen molar-refractivity contribution in [2.75, 3.05) is 13.2 Å². The van der Waals surface area contributed by atoms with E-state index in [-0.39, 0.29) is 24.0 Å². The van der Waals surface area contributed by atoms with E-state index in [1.807, 2.05) is 13.8 Å². The summed E-state index contributed by atoms with van der Waals surface area (Å²) in [6.07, 6.45) is 0. The summed E-state index contributed by atoms with van der Waals surface area (Å²) in [4.78, 5) is 0. The molecule has 0 radical (unpaired) electrons. The Morgan fingerprint density at radius 3 is 1.14 bits per heavy atom. The van der Waals surface area contributed by atoms with Crippen LogP contribution < -0.4 is 0 Å². The molecule has 0 aromatic heterocycles. The molecule has 0 atom stereocenters. The first-order valence-electron chi connectivity index (χ1n) is 4.25. The van der Waals surface area contributed by atoms with Gasteiger partial charge in [-0.1, -0.05) is 13.8 Å². The van der Waals surface area contributed by atoms with E-state index in [0.717, 1.165) is 20.4 Å². The van der Waals surface area contributed by atoms with Crippen molar-refractivity contribution in [2.45, 2.75) is 27.7 Å². The maximum absolute atomic E-state index is 8.43. The van der Waals surface area contributed by atoms with E-state index in [4.69, 9.17) is 13.5 Å². The number of rotatable bonds is 2. The fourth-order valence-corrected chi connectivity index (χ4v) is 0.0500. The average molecular weight is 238 g/mol. The second-order valence-electron chi connectivity index (χ2n) is 4.64. The molecule has 0 amide bonds. The van der Waals surface area contributed by atoms with Gasteiger partial charge in [-0.05, 0) is 0 Å². The monoisotopic (exact) mass is 238 g/mol. The van der Waals surface area contributed by atoms with Gasteiger partial charge in [0.25, 0.3) is 0 Å². The van der Waals surface area contributed by atoms with Crippen LogP contribution >= 0.6 is 0 Å². The van der Waals surface area contributed by atoms with E-state index < -0.39 is 0 Å². The van der Waals surface area contributed by atoms with Gasteiger partial charge in [0.15, 0.2) is 0 Å². The molecule has 0 aromatic rings. The summed E-state index contributed by atoms with van der Waals surface area (Å²) in [7, 11) is 0. The zero-order chi connectivity index (χ0) is 12.4. The molecule has 2 N–H and O–H groups in total. The Kier molecular flexibility index (Phi) is 14.2. The summed E-state index contributed by atoms with van der Waals surface area (Å²) in [5.74, 6) is 0. The Bertz CT molecular complexity index is 107. The summed E-state index contributed by atoms with van der Waals surface area (Å²) in [6.45, 7) is 14.9. The van der Waals surface area contributed by atoms with Gasteiger partial charge < -0.3 is 24.1 Å². The van der Waals surface area contributed by atoms with E-state index in [1.54, 1.807) is 13.8 Å². The fourth-order valence-electron chi connectivity index (χ4n) is 0.0500. The fraction of sp³-hybridized carbons (Fsp3) is 0.800. The van der Waals surface area contributed by atoms with Crippen LogP contribution in [0.5, 0.6) is 0 Å². The molecule has 0 heterocycles. The summed E-state index contributed by atoms with van der Waals surface area (Å²) >= 11 is 0.750. The van der Waals surface area contributed by atoms with Crippen molar-refractivity contribution >= 4 is 0 Å². The van der Waals surface area contributed by atoms with Crippen LogP contribution in [0.2, 0.25) is 0 Å². The summed E-state index contributed by atoms with van der Waals surface area (Å²) in [6, 6.07) is 0. The summed E-state index contributed by atoms with van der Waals surface area (Å²) in [5.41, 5.74) is -0.306. The van der Waals surface area contributed by atoms with E-state index in [1.165, 1.54) is 0 Å². The third-order valence-electron chi connectivity index (χ3n) is 0.856. The van der Waals surface area contributed by atoms with E-state index in [0.29, 0.717) is 0 Å². The normalized spacial score (nSPS) is 10.7. The second-order valence-corrected chi connectivity index (χ2v) is 4.64. The Balaban J connectivity index is -0.000000152. The molecule has 0 saturated carbocycles. The number of hydrogen-bond donors (Lipinski definition) is 2. The van der Waals surface area contributed by atoms with Crippen LogP contribution in [0.3, 0.4) is 0 Å². The van der Waals surface area contributed by atoms with Gasteiger partial charge in [0.2, 0.25) is 0 Å². The molecule has 14 heavy (non-hydrogen) atoms. The Morgan fingerprint density at radius 2 is 1.14 bits per heavy atom. The molecule has 0 aliphatic rings. The molecule has 0 spiro atoms. The summed E-state index contributed by atoms with van der Waals surface area (Å²) < 4.78 is 8.25. The van der Waals surface area contributed by atoms with Gasteiger partial charge in [-0.15, -0.1) is 13.8 Å². The van der Waals surface area contributed by atoms with E-state index >= 15 is 0 Å². The average Bonchev–Trinajstić information content (AvgIpc) is 2.05. The SMILES string of the molecule is CC(C)(CO)CO.[CH2-]C([CH2-])(C)C.[O]=[Ti+2]. The minimum absolute atomic E-state index is 0. The van der Waals surface area contributed by atoms with Gasteiger partial charge in [-0.3, -0.25) is 5.41 Å². The van der Waals surface area contributed by atoms with Crippen LogP contribution in [0.15, 0.2) is 0 Å². The second kappa shape index (κ2) is 9.97. The predicted octanol–water partition coefficient (Wildman–Crippen LogP) is 1.56. The predicted molar refractivity (Wildman–Crippen MR) is 53.1 cm³/mol. The van der Waals surface area contributed by atoms with Crippen molar-refractivity contribution in [3.8, 4) is 0 Å². The molecule has 84 valence electrons. The van der Waals surface area contributed by atoms with Gasteiger partial charge in [0, 0.05) is 5.41 Å². The molecule has 4 heteroatoms. The Morgan fingerprint density at radius 1 is 1.00 bits per heavy atom. The maximum atomic E-state index is 8.43. The molecule has 0 saturated heterocycles. The Labute approximate surface area is 99.6 Å². The van der Waals surface area contributed by atoms with Crippen LogP contribution in [0.1, 0.15) is 27.7 Å². The van der Waals surface area contributed by atoms with Gasteiger partial charge in [-0.25, -0.2) is 0 Å². The first-order chi connectivity index (χ1) is 6.12. The number of hydrogen-bond acceptors (Lipinski definition) is 3. The molecule has 0 aliphatic heterocycles. The van der Waals surface area contributed by atoms with Crippen LogP contribution in [0.25, 0.3) is 0 Å². The molecule has 0 rings (SSSR count). The first-order valence-corrected chi connectivity index (χ1v) is 4.89. The van der Waals surface area contributed by atoms with E-state index in [2.05, 4.69) is 13.8 Å². The van der Waals surface area contributed by atoms with Crippen molar-refractivity contribution in [3.63, 3.8) is 0 Å². The molecule has 0 unspecified atom stereocenters. The minimum atomic E-state index is -0.306. The molecular formula is C10H22O3Ti. The third-order valence-corrected chi connectivity index (χ3v) is 0.856.